The number of Topliss-reactive ketones (excluding diaryl/α,β-unsaturated/α-hetero) is 1. The van der Waals surface area contributed by atoms with Crippen molar-refractivity contribution in [1.29, 1.82) is 0 Å². The van der Waals surface area contributed by atoms with Gasteiger partial charge in [0.2, 0.25) is 0 Å². The molecule has 2 rings (SSSR count). The van der Waals surface area contributed by atoms with E-state index in [2.05, 4.69) is 15.9 Å². The van der Waals surface area contributed by atoms with Gasteiger partial charge in [-0.05, 0) is 31.2 Å². The van der Waals surface area contributed by atoms with Crippen LogP contribution in [0.4, 0.5) is 0 Å². The number of carbonyl (C=O) groups excluding carboxylic acids is 2. The molecule has 3 nitrogen and oxygen atoms in total. The second kappa shape index (κ2) is 4.67. The summed E-state index contributed by atoms with van der Waals surface area (Å²) in [4.78, 5) is 21.9. The van der Waals surface area contributed by atoms with E-state index in [-0.39, 0.29) is 11.5 Å². The van der Waals surface area contributed by atoms with Crippen molar-refractivity contribution in [1.82, 2.24) is 0 Å². The number of rotatable bonds is 3. The summed E-state index contributed by atoms with van der Waals surface area (Å²) in [6.45, 7) is 1.51. The van der Waals surface area contributed by atoms with Crippen LogP contribution in [0.1, 0.15) is 27.8 Å². The van der Waals surface area contributed by atoms with Crippen molar-refractivity contribution in [2.75, 3.05) is 0 Å². The minimum absolute atomic E-state index is 0.0130. The Kier molecular flexibility index (Phi) is 3.24. The second-order valence-corrected chi connectivity index (χ2v) is 4.43. The lowest BCUT2D eigenvalue weighted by molar-refractivity contribution is 0.101. The van der Waals surface area contributed by atoms with Gasteiger partial charge in [0.15, 0.2) is 17.8 Å². The van der Waals surface area contributed by atoms with Crippen LogP contribution in [0.5, 0.6) is 0 Å². The van der Waals surface area contributed by atoms with Crippen LogP contribution in [0.3, 0.4) is 0 Å². The summed E-state index contributed by atoms with van der Waals surface area (Å²) < 4.78 is 6.14. The zero-order chi connectivity index (χ0) is 12.4. The lowest BCUT2D eigenvalue weighted by Gasteiger charge is -2.03. The number of hydrogen-bond donors (Lipinski definition) is 0. The smallest absolute Gasteiger partial charge is 0.185 e. The van der Waals surface area contributed by atoms with E-state index >= 15 is 0 Å². The summed E-state index contributed by atoms with van der Waals surface area (Å²) in [7, 11) is 0. The second-order valence-electron chi connectivity index (χ2n) is 3.57. The zero-order valence-corrected chi connectivity index (χ0v) is 10.7. The summed E-state index contributed by atoms with van der Waals surface area (Å²) in [5.74, 6) is 0.808. The predicted molar refractivity (Wildman–Crippen MR) is 67.2 cm³/mol. The minimum Gasteiger partial charge on any atom is -0.453 e. The third kappa shape index (κ3) is 2.36. The average molecular weight is 293 g/mol. The predicted octanol–water partition coefficient (Wildman–Crippen LogP) is 3.72. The molecule has 0 unspecified atom stereocenters. The maximum Gasteiger partial charge on any atom is 0.185 e. The Morgan fingerprint density at radius 1 is 1.29 bits per heavy atom. The molecule has 1 aromatic carbocycles. The number of hydrogen-bond acceptors (Lipinski definition) is 3. The highest BCUT2D eigenvalue weighted by Crippen LogP contribution is 2.30. The molecule has 1 aromatic heterocycles. The molecule has 0 spiro atoms. The van der Waals surface area contributed by atoms with E-state index < -0.39 is 0 Å². The largest absolute Gasteiger partial charge is 0.453 e. The van der Waals surface area contributed by atoms with Crippen LogP contribution >= 0.6 is 15.9 Å². The summed E-state index contributed by atoms with van der Waals surface area (Å²) >= 11 is 3.39. The van der Waals surface area contributed by atoms with Crippen LogP contribution in [0.25, 0.3) is 11.3 Å². The summed E-state index contributed by atoms with van der Waals surface area (Å²) in [6.07, 6.45) is 0.645. The van der Waals surface area contributed by atoms with Crippen LogP contribution in [-0.2, 0) is 0 Å². The topological polar surface area (TPSA) is 47.3 Å². The van der Waals surface area contributed by atoms with Crippen LogP contribution < -0.4 is 0 Å². The molecule has 0 bridgehead atoms. The first-order valence-corrected chi connectivity index (χ1v) is 5.77. The van der Waals surface area contributed by atoms with E-state index in [0.717, 1.165) is 10.0 Å². The minimum atomic E-state index is -0.0130. The lowest BCUT2D eigenvalue weighted by Crippen LogP contribution is -1.92. The fraction of sp³-hybridized carbons (Fsp3) is 0.0769. The van der Waals surface area contributed by atoms with Gasteiger partial charge in [-0.3, -0.25) is 9.59 Å². The molecule has 0 saturated carbocycles. The summed E-state index contributed by atoms with van der Waals surface area (Å²) in [5, 5.41) is 0. The van der Waals surface area contributed by atoms with Gasteiger partial charge in [-0.2, -0.15) is 0 Å². The highest BCUT2D eigenvalue weighted by molar-refractivity contribution is 9.10. The van der Waals surface area contributed by atoms with Gasteiger partial charge in [0.05, 0.1) is 0 Å². The third-order valence-corrected chi connectivity index (χ3v) is 3.07. The first kappa shape index (κ1) is 11.8. The Bertz CT molecular complexity index is 584. The van der Waals surface area contributed by atoms with E-state index in [9.17, 15) is 9.59 Å². The Morgan fingerprint density at radius 2 is 2.06 bits per heavy atom. The maximum atomic E-state index is 11.3. The van der Waals surface area contributed by atoms with Crippen molar-refractivity contribution in [3.63, 3.8) is 0 Å². The highest BCUT2D eigenvalue weighted by Gasteiger charge is 2.10. The third-order valence-electron chi connectivity index (χ3n) is 2.38. The van der Waals surface area contributed by atoms with Gasteiger partial charge in [0.25, 0.3) is 0 Å². The molecule has 4 heteroatoms. The molecule has 0 aliphatic carbocycles. The van der Waals surface area contributed by atoms with Gasteiger partial charge in [0, 0.05) is 15.6 Å². The fourth-order valence-corrected chi connectivity index (χ4v) is 1.94. The number of aldehydes is 1. The quantitative estimate of drug-likeness (QED) is 0.640. The number of furan rings is 1. The lowest BCUT2D eigenvalue weighted by atomic mass is 10.1. The SMILES string of the molecule is CC(=O)c1ccc(Br)c(-c2ccc(C=O)o2)c1. The van der Waals surface area contributed by atoms with Crippen LogP contribution in [0.15, 0.2) is 39.2 Å². The molecule has 1 heterocycles. The van der Waals surface area contributed by atoms with E-state index in [0.29, 0.717) is 17.6 Å². The van der Waals surface area contributed by atoms with Crippen molar-refractivity contribution >= 4 is 28.0 Å². The van der Waals surface area contributed by atoms with Crippen molar-refractivity contribution in [3.05, 3.63) is 46.1 Å². The van der Waals surface area contributed by atoms with Gasteiger partial charge >= 0.3 is 0 Å². The van der Waals surface area contributed by atoms with Gasteiger partial charge in [0.1, 0.15) is 5.76 Å². The van der Waals surface area contributed by atoms with Gasteiger partial charge in [-0.15, -0.1) is 0 Å². The van der Waals surface area contributed by atoms with E-state index in [1.165, 1.54) is 6.92 Å². The number of ketones is 1. The Hall–Kier alpha value is -1.68. The Balaban J connectivity index is 2.53. The molecule has 0 aliphatic rings. The normalized spacial score (nSPS) is 10.2. The van der Waals surface area contributed by atoms with Crippen molar-refractivity contribution in [2.45, 2.75) is 6.92 Å². The molecule has 0 radical (unpaired) electrons. The summed E-state index contributed by atoms with van der Waals surface area (Å²) in [5.41, 5.74) is 1.36. The van der Waals surface area contributed by atoms with Crippen molar-refractivity contribution in [3.8, 4) is 11.3 Å². The molecule has 0 aliphatic heterocycles. The Labute approximate surface area is 107 Å². The molecule has 0 N–H and O–H groups in total. The van der Waals surface area contributed by atoms with Crippen molar-refractivity contribution < 1.29 is 14.0 Å². The van der Waals surface area contributed by atoms with Crippen LogP contribution in [-0.4, -0.2) is 12.1 Å². The number of carbonyl (C=O) groups is 2. The molecule has 17 heavy (non-hydrogen) atoms. The first-order chi connectivity index (χ1) is 8.11. The summed E-state index contributed by atoms with van der Waals surface area (Å²) in [6, 6.07) is 8.55. The van der Waals surface area contributed by atoms with E-state index in [1.54, 1.807) is 30.3 Å². The monoisotopic (exact) mass is 292 g/mol. The fourth-order valence-electron chi connectivity index (χ4n) is 1.49. The van der Waals surface area contributed by atoms with E-state index in [1.807, 2.05) is 0 Å². The number of halogens is 1. The van der Waals surface area contributed by atoms with Crippen LogP contribution in [0.2, 0.25) is 0 Å². The molecule has 0 atom stereocenters. The van der Waals surface area contributed by atoms with Gasteiger partial charge in [-0.1, -0.05) is 22.0 Å². The first-order valence-electron chi connectivity index (χ1n) is 4.97. The van der Waals surface area contributed by atoms with Crippen LogP contribution in [0, 0.1) is 0 Å². The van der Waals surface area contributed by atoms with Gasteiger partial charge in [-0.25, -0.2) is 0 Å². The molecular weight excluding hydrogens is 284 g/mol. The number of benzene rings is 1. The van der Waals surface area contributed by atoms with Crippen molar-refractivity contribution in [2.24, 2.45) is 0 Å². The molecular formula is C13H9BrO3. The molecule has 2 aromatic rings. The average Bonchev–Trinajstić information content (AvgIpc) is 2.77. The molecule has 0 fully saturated rings. The van der Waals surface area contributed by atoms with E-state index in [4.69, 9.17) is 4.42 Å². The Morgan fingerprint density at radius 3 is 2.65 bits per heavy atom. The van der Waals surface area contributed by atoms with Gasteiger partial charge < -0.3 is 4.42 Å². The molecule has 0 saturated heterocycles. The molecule has 86 valence electrons. The molecule has 0 amide bonds. The standard InChI is InChI=1S/C13H9BrO3/c1-8(16)9-2-4-12(14)11(6-9)13-5-3-10(7-15)17-13/h2-7H,1H3. The highest BCUT2D eigenvalue weighted by atomic mass is 79.9. The zero-order valence-electron chi connectivity index (χ0n) is 9.07. The maximum absolute atomic E-state index is 11.3.